The molecule has 0 radical (unpaired) electrons. The molecule has 8 heteroatoms. The lowest BCUT2D eigenvalue weighted by atomic mass is 10.0. The van der Waals surface area contributed by atoms with Crippen LogP contribution in [0.5, 0.6) is 0 Å². The SMILES string of the molecule is CC(C)CS(=O)(=O)NCCc1c(-c2ccc(F)cc2)[nH]c2c(F)cc(F)cc12. The summed E-state index contributed by atoms with van der Waals surface area (Å²) in [5, 5.41) is 0.333. The van der Waals surface area contributed by atoms with Crippen molar-refractivity contribution < 1.29 is 21.6 Å². The van der Waals surface area contributed by atoms with E-state index in [1.165, 1.54) is 30.3 Å². The summed E-state index contributed by atoms with van der Waals surface area (Å²) in [6.45, 7) is 3.68. The van der Waals surface area contributed by atoms with Crippen LogP contribution in [0.2, 0.25) is 0 Å². The van der Waals surface area contributed by atoms with E-state index in [4.69, 9.17) is 0 Å². The molecule has 0 fully saturated rings. The lowest BCUT2D eigenvalue weighted by Gasteiger charge is -2.10. The van der Waals surface area contributed by atoms with Crippen molar-refractivity contribution in [1.29, 1.82) is 0 Å². The van der Waals surface area contributed by atoms with E-state index in [9.17, 15) is 21.6 Å². The van der Waals surface area contributed by atoms with Gasteiger partial charge in [-0.05, 0) is 53.8 Å². The standard InChI is InChI=1S/C20H21F3N2O2S/c1-12(2)11-28(26,27)24-8-7-16-17-9-15(22)10-18(23)20(17)25-19(16)13-3-5-14(21)6-4-13/h3-6,9-10,12,24-25H,7-8,11H2,1-2H3. The quantitative estimate of drug-likeness (QED) is 0.608. The molecular weight excluding hydrogens is 389 g/mol. The number of nitrogens with one attached hydrogen (secondary N) is 2. The predicted molar refractivity (Wildman–Crippen MR) is 104 cm³/mol. The van der Waals surface area contributed by atoms with Crippen LogP contribution in [0.25, 0.3) is 22.2 Å². The van der Waals surface area contributed by atoms with Gasteiger partial charge in [0.15, 0.2) is 0 Å². The molecular formula is C20H21F3N2O2S. The third-order valence-corrected chi connectivity index (χ3v) is 6.06. The number of hydrogen-bond donors (Lipinski definition) is 2. The summed E-state index contributed by atoms with van der Waals surface area (Å²) in [6.07, 6.45) is 0.215. The van der Waals surface area contributed by atoms with Crippen LogP contribution in [0.4, 0.5) is 13.2 Å². The Morgan fingerprint density at radius 2 is 1.71 bits per heavy atom. The van der Waals surface area contributed by atoms with Gasteiger partial charge in [0.1, 0.15) is 17.5 Å². The Labute approximate surface area is 161 Å². The highest BCUT2D eigenvalue weighted by Crippen LogP contribution is 2.32. The number of hydrogen-bond acceptors (Lipinski definition) is 2. The van der Waals surface area contributed by atoms with E-state index in [0.717, 1.165) is 6.07 Å². The monoisotopic (exact) mass is 410 g/mol. The number of rotatable bonds is 7. The molecule has 0 atom stereocenters. The minimum Gasteiger partial charge on any atom is -0.352 e. The zero-order valence-corrected chi connectivity index (χ0v) is 16.3. The van der Waals surface area contributed by atoms with Crippen molar-refractivity contribution in [2.24, 2.45) is 5.92 Å². The molecule has 1 heterocycles. The number of benzene rings is 2. The molecule has 0 aliphatic heterocycles. The molecule has 0 bridgehead atoms. The second kappa shape index (κ2) is 7.97. The fourth-order valence-corrected chi connectivity index (χ4v) is 4.63. The summed E-state index contributed by atoms with van der Waals surface area (Å²) in [6, 6.07) is 7.59. The van der Waals surface area contributed by atoms with Crippen molar-refractivity contribution in [2.45, 2.75) is 20.3 Å². The molecule has 2 N–H and O–H groups in total. The van der Waals surface area contributed by atoms with Crippen molar-refractivity contribution in [3.8, 4) is 11.3 Å². The molecule has 0 saturated heterocycles. The maximum absolute atomic E-state index is 14.2. The zero-order valence-electron chi connectivity index (χ0n) is 15.5. The van der Waals surface area contributed by atoms with Gasteiger partial charge in [-0.2, -0.15) is 0 Å². The van der Waals surface area contributed by atoms with Gasteiger partial charge < -0.3 is 4.98 Å². The van der Waals surface area contributed by atoms with Crippen LogP contribution in [-0.4, -0.2) is 25.7 Å². The molecule has 4 nitrogen and oxygen atoms in total. The minimum atomic E-state index is -3.44. The summed E-state index contributed by atoms with van der Waals surface area (Å²) in [4.78, 5) is 2.93. The Hall–Kier alpha value is -2.32. The van der Waals surface area contributed by atoms with Crippen molar-refractivity contribution in [2.75, 3.05) is 12.3 Å². The molecule has 0 aliphatic carbocycles. The van der Waals surface area contributed by atoms with Crippen LogP contribution >= 0.6 is 0 Å². The van der Waals surface area contributed by atoms with E-state index in [1.807, 2.05) is 0 Å². The van der Waals surface area contributed by atoms with E-state index < -0.39 is 27.5 Å². The molecule has 0 aliphatic rings. The third kappa shape index (κ3) is 4.56. The summed E-state index contributed by atoms with van der Waals surface area (Å²) in [5.74, 6) is -1.92. The maximum Gasteiger partial charge on any atom is 0.211 e. The van der Waals surface area contributed by atoms with Crippen molar-refractivity contribution in [1.82, 2.24) is 9.71 Å². The fraction of sp³-hybridized carbons (Fsp3) is 0.300. The average Bonchev–Trinajstić information content (AvgIpc) is 2.93. The van der Waals surface area contributed by atoms with E-state index >= 15 is 0 Å². The summed E-state index contributed by atoms with van der Waals surface area (Å²) in [5.41, 5.74) is 1.79. The van der Waals surface area contributed by atoms with Gasteiger partial charge in [-0.15, -0.1) is 0 Å². The molecule has 2 aromatic carbocycles. The van der Waals surface area contributed by atoms with Crippen molar-refractivity contribution in [3.63, 3.8) is 0 Å². The molecule has 3 aromatic rings. The highest BCUT2D eigenvalue weighted by molar-refractivity contribution is 7.89. The Balaban J connectivity index is 1.99. The van der Waals surface area contributed by atoms with E-state index in [1.54, 1.807) is 13.8 Å². The molecule has 0 saturated carbocycles. The molecule has 0 spiro atoms. The van der Waals surface area contributed by atoms with Crippen molar-refractivity contribution >= 4 is 20.9 Å². The Kier molecular flexibility index (Phi) is 5.81. The number of aromatic nitrogens is 1. The smallest absolute Gasteiger partial charge is 0.211 e. The largest absolute Gasteiger partial charge is 0.352 e. The van der Waals surface area contributed by atoms with Gasteiger partial charge in [0.05, 0.1) is 11.3 Å². The van der Waals surface area contributed by atoms with Crippen molar-refractivity contribution in [3.05, 3.63) is 59.4 Å². The minimum absolute atomic E-state index is 0.00500. The van der Waals surface area contributed by atoms with Gasteiger partial charge in [-0.1, -0.05) is 13.8 Å². The van der Waals surface area contributed by atoms with Gasteiger partial charge in [0.2, 0.25) is 10.0 Å². The summed E-state index contributed by atoms with van der Waals surface area (Å²) >= 11 is 0. The van der Waals surface area contributed by atoms with Crippen LogP contribution in [0.1, 0.15) is 19.4 Å². The summed E-state index contributed by atoms with van der Waals surface area (Å²) < 4.78 is 67.9. The molecule has 3 rings (SSSR count). The van der Waals surface area contributed by atoms with Crippen LogP contribution in [-0.2, 0) is 16.4 Å². The van der Waals surface area contributed by atoms with Gasteiger partial charge in [-0.25, -0.2) is 26.3 Å². The Bertz CT molecular complexity index is 1090. The highest BCUT2D eigenvalue weighted by Gasteiger charge is 2.18. The number of aromatic amines is 1. The van der Waals surface area contributed by atoms with Crippen LogP contribution in [0.3, 0.4) is 0 Å². The molecule has 0 amide bonds. The van der Waals surface area contributed by atoms with E-state index in [0.29, 0.717) is 22.2 Å². The third-order valence-electron chi connectivity index (χ3n) is 4.31. The van der Waals surface area contributed by atoms with Crippen LogP contribution < -0.4 is 4.72 Å². The topological polar surface area (TPSA) is 62.0 Å². The number of halogens is 3. The lowest BCUT2D eigenvalue weighted by molar-refractivity contribution is 0.568. The predicted octanol–water partition coefficient (Wildman–Crippen LogP) is 4.37. The molecule has 1 aromatic heterocycles. The average molecular weight is 410 g/mol. The Morgan fingerprint density at radius 1 is 1.04 bits per heavy atom. The first-order valence-electron chi connectivity index (χ1n) is 8.89. The molecule has 0 unspecified atom stereocenters. The van der Waals surface area contributed by atoms with Gasteiger partial charge in [0, 0.05) is 23.7 Å². The normalized spacial score (nSPS) is 12.2. The van der Waals surface area contributed by atoms with Crippen LogP contribution in [0.15, 0.2) is 36.4 Å². The zero-order chi connectivity index (χ0) is 20.5. The first-order valence-corrected chi connectivity index (χ1v) is 10.5. The fourth-order valence-electron chi connectivity index (χ4n) is 3.23. The lowest BCUT2D eigenvalue weighted by Crippen LogP contribution is -2.30. The van der Waals surface area contributed by atoms with Gasteiger partial charge >= 0.3 is 0 Å². The first-order chi connectivity index (χ1) is 13.2. The second-order valence-electron chi connectivity index (χ2n) is 7.12. The first kappa shape index (κ1) is 20.4. The maximum atomic E-state index is 14.2. The highest BCUT2D eigenvalue weighted by atomic mass is 32.2. The number of fused-ring (bicyclic) bond motifs is 1. The summed E-state index contributed by atoms with van der Waals surface area (Å²) in [7, 11) is -3.44. The van der Waals surface area contributed by atoms with Crippen LogP contribution in [0, 0.1) is 23.4 Å². The number of H-pyrrole nitrogens is 1. The molecule has 150 valence electrons. The second-order valence-corrected chi connectivity index (χ2v) is 8.97. The van der Waals surface area contributed by atoms with E-state index in [-0.39, 0.29) is 30.2 Å². The number of sulfonamides is 1. The molecule has 28 heavy (non-hydrogen) atoms. The van der Waals surface area contributed by atoms with Gasteiger partial charge in [-0.3, -0.25) is 0 Å². The van der Waals surface area contributed by atoms with E-state index in [2.05, 4.69) is 9.71 Å². The Morgan fingerprint density at radius 3 is 2.36 bits per heavy atom. The van der Waals surface area contributed by atoms with Gasteiger partial charge in [0.25, 0.3) is 0 Å².